The first-order valence-corrected chi connectivity index (χ1v) is 44.3. The van der Waals surface area contributed by atoms with Crippen LogP contribution in [-0.4, -0.2) is 15.6 Å². The van der Waals surface area contributed by atoms with Crippen molar-refractivity contribution < 1.29 is 23.2 Å². The van der Waals surface area contributed by atoms with Crippen molar-refractivity contribution in [3.63, 3.8) is 0 Å². The van der Waals surface area contributed by atoms with Crippen LogP contribution in [0.4, 0.5) is 34.1 Å². The van der Waals surface area contributed by atoms with E-state index in [4.69, 9.17) is 13.3 Å². The Hall–Kier alpha value is -12.9. The molecule has 4 aromatic heterocycles. The summed E-state index contributed by atoms with van der Waals surface area (Å²) in [5.41, 5.74) is 13.2. The Morgan fingerprint density at radius 1 is 0.254 bits per heavy atom. The van der Waals surface area contributed by atoms with Crippen molar-refractivity contribution in [2.75, 3.05) is 9.80 Å². The fourth-order valence-electron chi connectivity index (χ4n) is 22.9. The van der Waals surface area contributed by atoms with E-state index in [1.807, 2.05) is 30.3 Å². The topological polar surface area (TPSA) is 156 Å². The Balaban J connectivity index is 0.000000165. The molecule has 12 heteroatoms. The smallest absolute Gasteiger partial charge is 0.346 e. The van der Waals surface area contributed by atoms with Gasteiger partial charge in [0.1, 0.15) is 28.9 Å². The zero-order chi connectivity index (χ0) is 89.1. The van der Waals surface area contributed by atoms with Crippen LogP contribution in [0.1, 0.15) is 186 Å². The summed E-state index contributed by atoms with van der Waals surface area (Å²) in [6.45, 7) is 45.8. The highest BCUT2D eigenvalue weighted by Gasteiger charge is 2.34. The molecule has 0 bridgehead atoms. The molecule has 16 aromatic carbocycles. The first-order valence-electron chi connectivity index (χ1n) is 44.3. The van der Waals surface area contributed by atoms with Gasteiger partial charge in [0.25, 0.3) is 11.1 Å². The summed E-state index contributed by atoms with van der Waals surface area (Å²) in [6, 6.07) is 81.4. The van der Waals surface area contributed by atoms with Gasteiger partial charge < -0.3 is 28.2 Å². The Morgan fingerprint density at radius 3 is 0.738 bits per heavy atom. The van der Waals surface area contributed by atoms with Crippen molar-refractivity contribution in [2.24, 2.45) is 21.7 Å². The van der Waals surface area contributed by atoms with Crippen LogP contribution in [-0.2, 0) is 33.0 Å². The first kappa shape index (κ1) is 82.7. The number of hydrogen-bond acceptors (Lipinski definition) is 10. The van der Waals surface area contributed by atoms with Crippen LogP contribution in [0.3, 0.4) is 0 Å². The van der Waals surface area contributed by atoms with Crippen molar-refractivity contribution in [1.82, 2.24) is 4.57 Å². The zero-order valence-electron chi connectivity index (χ0n) is 76.0. The van der Waals surface area contributed by atoms with Crippen LogP contribution in [0.5, 0.6) is 0 Å². The van der Waals surface area contributed by atoms with Crippen molar-refractivity contribution in [2.45, 2.75) is 192 Å². The van der Waals surface area contributed by atoms with Gasteiger partial charge in [-0.3, -0.25) is 19.0 Å². The van der Waals surface area contributed by atoms with Crippen molar-refractivity contribution in [1.29, 1.82) is 0 Å². The number of anilines is 6. The summed E-state index contributed by atoms with van der Waals surface area (Å²) in [5, 5.41) is 30.3. The number of pyridine rings is 1. The highest BCUT2D eigenvalue weighted by atomic mass is 16.4. The highest BCUT2D eigenvalue weighted by Crippen LogP contribution is 2.52. The molecular weight excluding hydrogens is 1560 g/mol. The molecule has 126 heavy (non-hydrogen) atoms. The minimum atomic E-state index is -1.24. The second-order valence-corrected chi connectivity index (χ2v) is 43.4. The number of hydrogen-bond donors (Lipinski definition) is 1. The molecule has 634 valence electrons. The second kappa shape index (κ2) is 28.8. The fourth-order valence-corrected chi connectivity index (χ4v) is 22.9. The lowest BCUT2D eigenvalue weighted by atomic mass is 9.72. The van der Waals surface area contributed by atoms with Gasteiger partial charge in [0.05, 0.1) is 10.8 Å². The van der Waals surface area contributed by atoms with Gasteiger partial charge in [0, 0.05) is 100 Å². The number of nitrogens with zero attached hydrogens (tertiary/aromatic N) is 3. The van der Waals surface area contributed by atoms with Gasteiger partial charge in [-0.2, -0.15) is 0 Å². The van der Waals surface area contributed by atoms with E-state index in [1.54, 1.807) is 24.3 Å². The molecule has 12 nitrogen and oxygen atoms in total. The third kappa shape index (κ3) is 14.1. The number of fused-ring (bicyclic) bond motifs is 8. The molecule has 0 spiro atoms. The molecule has 1 N–H and O–H groups in total. The van der Waals surface area contributed by atoms with Crippen LogP contribution >= 0.6 is 0 Å². The third-order valence-corrected chi connectivity index (χ3v) is 26.6. The largest absolute Gasteiger partial charge is 0.480 e. The second-order valence-electron chi connectivity index (χ2n) is 43.4. The molecule has 0 aliphatic carbocycles. The average Bonchev–Trinajstić information content (AvgIpc) is 0.694. The summed E-state index contributed by atoms with van der Waals surface area (Å²) < 4.78 is 19.8. The maximum Gasteiger partial charge on any atom is 0.346 e. The van der Waals surface area contributed by atoms with Crippen LogP contribution in [0.25, 0.3) is 152 Å². The summed E-state index contributed by atoms with van der Waals surface area (Å²) >= 11 is 0. The summed E-state index contributed by atoms with van der Waals surface area (Å²) in [5.74, 6) is -1.24. The summed E-state index contributed by atoms with van der Waals surface area (Å²) in [6.07, 6.45) is 4.29. The van der Waals surface area contributed by atoms with Crippen molar-refractivity contribution >= 4 is 192 Å². The molecule has 0 radical (unpaired) electrons. The molecule has 0 aliphatic heterocycles. The van der Waals surface area contributed by atoms with Gasteiger partial charge in [-0.05, 0) is 277 Å². The lowest BCUT2D eigenvalue weighted by Crippen LogP contribution is -2.35. The van der Waals surface area contributed by atoms with Gasteiger partial charge in [0.2, 0.25) is 0 Å². The molecule has 20 rings (SSSR count). The summed E-state index contributed by atoms with van der Waals surface area (Å²) in [7, 11) is 0. The fraction of sp³-hybridized carbons (Fsp3) is 0.289. The normalized spacial score (nSPS) is 13.3. The van der Waals surface area contributed by atoms with Crippen LogP contribution in [0.2, 0.25) is 0 Å². The molecule has 0 saturated carbocycles. The van der Waals surface area contributed by atoms with Gasteiger partial charge in [-0.25, -0.2) is 9.59 Å². The van der Waals surface area contributed by atoms with E-state index in [9.17, 15) is 29.1 Å². The number of carboxylic acid groups (broad SMARTS) is 1. The Bertz CT molecular complexity index is 7770. The molecule has 0 saturated heterocycles. The molecule has 20 aromatic rings. The van der Waals surface area contributed by atoms with E-state index in [2.05, 4.69) is 324 Å². The third-order valence-electron chi connectivity index (χ3n) is 26.6. The van der Waals surface area contributed by atoms with Gasteiger partial charge in [-0.15, -0.1) is 0 Å². The number of carboxylic acids is 1. The van der Waals surface area contributed by atoms with E-state index >= 15 is 0 Å². The van der Waals surface area contributed by atoms with E-state index in [0.717, 1.165) is 184 Å². The van der Waals surface area contributed by atoms with Crippen LogP contribution in [0.15, 0.2) is 263 Å². The van der Waals surface area contributed by atoms with Crippen LogP contribution < -0.4 is 32.2 Å². The minimum Gasteiger partial charge on any atom is -0.480 e. The predicted molar refractivity (Wildman–Crippen MR) is 528 cm³/mol. The predicted octanol–water partition coefficient (Wildman–Crippen LogP) is 30.2. The number of rotatable bonds is 16. The quantitative estimate of drug-likeness (QED) is 0.0725. The van der Waals surface area contributed by atoms with E-state index in [1.165, 1.54) is 22.3 Å². The first-order chi connectivity index (χ1) is 59.4. The van der Waals surface area contributed by atoms with Gasteiger partial charge >= 0.3 is 17.2 Å². The maximum atomic E-state index is 13.6. The number of benzene rings is 16. The summed E-state index contributed by atoms with van der Waals surface area (Å²) in [4.78, 5) is 69.2. The Morgan fingerprint density at radius 2 is 0.468 bits per heavy atom. The number of aliphatic carboxylic acids is 1. The zero-order valence-corrected chi connectivity index (χ0v) is 76.0. The lowest BCUT2D eigenvalue weighted by Gasteiger charge is -2.34. The highest BCUT2D eigenvalue weighted by molar-refractivity contribution is 6.42. The van der Waals surface area contributed by atoms with E-state index < -0.39 is 34.9 Å². The molecule has 0 atom stereocenters. The van der Waals surface area contributed by atoms with E-state index in [0.29, 0.717) is 32.3 Å². The molecule has 0 unspecified atom stereocenters. The molecular formula is C114H109N3O9. The number of carbonyl (C=O) groups is 1. The molecule has 4 heterocycles. The average molecular weight is 1670 g/mol. The molecule has 0 amide bonds. The SMILES string of the molecule is CC(C)(C)CC(C)(C)c1ccc(N(c2ccc(C(C)(C)CC(C)(C)C)cc2)c2ccc3c(c2)oc2ccc4c5ccc6c(=O)n(CC(=O)O)c(=O)c7ccc(c8ccc3c2c48)c5c67)cc1.CC(C)(C)CC(C)(C)c1ccc(N(c2ccc(C(C)(C)CC(C)(C)C)cc2)c2ccc3c(c2)oc2ccc4c5ccc6c(=O)oc(=O)c7ccc(c8ccc3c2c48)c5c67)cc1. The van der Waals surface area contributed by atoms with Crippen molar-refractivity contribution in [3.05, 3.63) is 294 Å². The van der Waals surface area contributed by atoms with Crippen molar-refractivity contribution in [3.8, 4) is 0 Å². The standard InChI is InChI=1S/C58H56N2O5.C56H53NO4/c1-55(2,3)31-57(7,8)33-11-15-35(16-12-33)60(36-17-13-34(14-18-36)58(9,10)32-56(4,5)6)37-19-20-38-39-21-22-42-40-23-25-44-51-45(54(64)59(53(44)63)30-48(61)62)26-24-41(49(40)51)43-27-28-46(52(39)50(42)43)65-47(38)29-37;1-53(2,3)30-55(7,8)32-11-15-34(16-12-32)57(35-17-13-33(14-18-35)56(9,10)31-54(4,5)6)36-19-20-37-38-21-22-41-39-23-25-43-49-44(52(59)61-51(43)58)26-24-40(47(39)49)42-27-28-45(50(38)48(41)42)60-46(37)29-36/h11-29H,30-32H2,1-10H3,(H,61,62);11-29H,30-31H2,1-10H3. The lowest BCUT2D eigenvalue weighted by molar-refractivity contribution is -0.137. The van der Waals surface area contributed by atoms with Gasteiger partial charge in [-0.1, -0.05) is 236 Å². The number of aromatic nitrogens is 1. The molecule has 0 fully saturated rings. The molecule has 0 aliphatic rings. The Labute approximate surface area is 733 Å². The maximum absolute atomic E-state index is 13.6. The van der Waals surface area contributed by atoms with Crippen LogP contribution in [0, 0.1) is 21.7 Å². The van der Waals surface area contributed by atoms with E-state index in [-0.39, 0.29) is 43.3 Å². The monoisotopic (exact) mass is 1660 g/mol. The van der Waals surface area contributed by atoms with Gasteiger partial charge in [0.15, 0.2) is 0 Å². The minimum absolute atomic E-state index is 0.00813. The Kier molecular flexibility index (Phi) is 18.9.